The number of aryl methyl sites for hydroxylation is 1. The van der Waals surface area contributed by atoms with Gasteiger partial charge >= 0.3 is 0 Å². The lowest BCUT2D eigenvalue weighted by molar-refractivity contribution is 0.101. The Kier molecular flexibility index (Phi) is 6.60. The highest BCUT2D eigenvalue weighted by molar-refractivity contribution is 7.98. The Labute approximate surface area is 147 Å². The molecule has 4 nitrogen and oxygen atoms in total. The molecule has 0 aliphatic rings. The van der Waals surface area contributed by atoms with E-state index in [4.69, 9.17) is 0 Å². The molecule has 0 aromatic heterocycles. The first-order valence-corrected chi connectivity index (χ1v) is 10.3. The summed E-state index contributed by atoms with van der Waals surface area (Å²) in [6.45, 7) is 3.82. The molecule has 24 heavy (non-hydrogen) atoms. The summed E-state index contributed by atoms with van der Waals surface area (Å²) in [5.74, 6) is 1.38. The second-order valence-electron chi connectivity index (χ2n) is 5.52. The summed E-state index contributed by atoms with van der Waals surface area (Å²) in [6, 6.07) is 14.4. The number of nitrogens with one attached hydrogen (secondary N) is 1. The van der Waals surface area contributed by atoms with Crippen LogP contribution >= 0.6 is 11.8 Å². The average molecular weight is 364 g/mol. The van der Waals surface area contributed by atoms with Gasteiger partial charge in [0.05, 0.1) is 4.90 Å². The molecule has 0 atom stereocenters. The summed E-state index contributed by atoms with van der Waals surface area (Å²) in [5.41, 5.74) is 2.85. The predicted molar refractivity (Wildman–Crippen MR) is 99.0 cm³/mol. The molecular formula is C18H21NO3S2. The summed E-state index contributed by atoms with van der Waals surface area (Å²) in [5, 5.41) is 0. The molecule has 0 aliphatic carbocycles. The van der Waals surface area contributed by atoms with Crippen LogP contribution < -0.4 is 4.72 Å². The monoisotopic (exact) mass is 363 g/mol. The summed E-state index contributed by atoms with van der Waals surface area (Å²) >= 11 is 1.68. The summed E-state index contributed by atoms with van der Waals surface area (Å²) in [6.07, 6.45) is 0. The number of benzene rings is 2. The van der Waals surface area contributed by atoms with Crippen molar-refractivity contribution in [1.29, 1.82) is 0 Å². The zero-order valence-electron chi connectivity index (χ0n) is 13.8. The van der Waals surface area contributed by atoms with E-state index in [1.807, 2.05) is 6.92 Å². The minimum absolute atomic E-state index is 0.124. The Morgan fingerprint density at radius 2 is 1.83 bits per heavy atom. The van der Waals surface area contributed by atoms with E-state index in [1.165, 1.54) is 30.2 Å². The Bertz CT molecular complexity index is 799. The highest BCUT2D eigenvalue weighted by Crippen LogP contribution is 2.14. The second kappa shape index (κ2) is 8.46. The molecule has 0 spiro atoms. The van der Waals surface area contributed by atoms with Crippen LogP contribution in [0, 0.1) is 6.92 Å². The van der Waals surface area contributed by atoms with Crippen LogP contribution in [0.4, 0.5) is 0 Å². The van der Waals surface area contributed by atoms with E-state index in [2.05, 4.69) is 29.0 Å². The number of sulfonamides is 1. The molecule has 0 fully saturated rings. The molecule has 1 N–H and O–H groups in total. The first-order chi connectivity index (χ1) is 11.4. The lowest BCUT2D eigenvalue weighted by Gasteiger charge is -2.08. The van der Waals surface area contributed by atoms with Gasteiger partial charge in [0.2, 0.25) is 10.0 Å². The van der Waals surface area contributed by atoms with Gasteiger partial charge in [0, 0.05) is 23.6 Å². The van der Waals surface area contributed by atoms with Gasteiger partial charge in [0.15, 0.2) is 5.78 Å². The van der Waals surface area contributed by atoms with Gasteiger partial charge in [0.1, 0.15) is 0 Å². The molecule has 0 aliphatic heterocycles. The molecule has 128 valence electrons. The van der Waals surface area contributed by atoms with Crippen LogP contribution in [-0.2, 0) is 15.8 Å². The normalized spacial score (nSPS) is 11.4. The summed E-state index contributed by atoms with van der Waals surface area (Å²) < 4.78 is 27.1. The quantitative estimate of drug-likeness (QED) is 0.577. The zero-order valence-corrected chi connectivity index (χ0v) is 15.4. The molecule has 0 radical (unpaired) electrons. The number of carbonyl (C=O) groups is 1. The van der Waals surface area contributed by atoms with E-state index in [0.29, 0.717) is 17.9 Å². The fraction of sp³-hybridized carbons (Fsp3) is 0.278. The van der Waals surface area contributed by atoms with Crippen LogP contribution in [0.2, 0.25) is 0 Å². The fourth-order valence-electron chi connectivity index (χ4n) is 2.09. The Balaban J connectivity index is 1.83. The van der Waals surface area contributed by atoms with Crippen LogP contribution in [0.25, 0.3) is 0 Å². The largest absolute Gasteiger partial charge is 0.295 e. The van der Waals surface area contributed by atoms with E-state index >= 15 is 0 Å². The Hall–Kier alpha value is -1.63. The summed E-state index contributed by atoms with van der Waals surface area (Å²) in [4.78, 5) is 11.5. The van der Waals surface area contributed by atoms with Gasteiger partial charge in [0.25, 0.3) is 0 Å². The van der Waals surface area contributed by atoms with Crippen LogP contribution in [0.5, 0.6) is 0 Å². The van der Waals surface area contributed by atoms with Gasteiger partial charge in [-0.25, -0.2) is 13.1 Å². The number of rotatable bonds is 8. The molecule has 0 heterocycles. The molecule has 2 aromatic rings. The van der Waals surface area contributed by atoms with E-state index in [0.717, 1.165) is 5.75 Å². The van der Waals surface area contributed by atoms with Gasteiger partial charge in [-0.1, -0.05) is 42.0 Å². The summed E-state index contributed by atoms with van der Waals surface area (Å²) in [7, 11) is -3.58. The number of carbonyl (C=O) groups excluding carboxylic acids is 1. The predicted octanol–water partition coefficient (Wildman–Crippen LogP) is 3.41. The van der Waals surface area contributed by atoms with E-state index < -0.39 is 10.0 Å². The van der Waals surface area contributed by atoms with Crippen molar-refractivity contribution in [1.82, 2.24) is 4.72 Å². The molecule has 0 amide bonds. The van der Waals surface area contributed by atoms with Crippen molar-refractivity contribution in [3.05, 3.63) is 65.2 Å². The van der Waals surface area contributed by atoms with E-state index in [9.17, 15) is 13.2 Å². The molecule has 6 heteroatoms. The third-order valence-electron chi connectivity index (χ3n) is 3.48. The lowest BCUT2D eigenvalue weighted by atomic mass is 10.2. The van der Waals surface area contributed by atoms with E-state index in [-0.39, 0.29) is 10.7 Å². The molecule has 0 saturated heterocycles. The van der Waals surface area contributed by atoms with Gasteiger partial charge in [-0.3, -0.25) is 4.79 Å². The molecule has 2 aromatic carbocycles. The Morgan fingerprint density at radius 3 is 2.50 bits per heavy atom. The van der Waals surface area contributed by atoms with Crippen LogP contribution in [0.3, 0.4) is 0 Å². The lowest BCUT2D eigenvalue weighted by Crippen LogP contribution is -2.26. The van der Waals surface area contributed by atoms with Crippen molar-refractivity contribution in [2.45, 2.75) is 24.5 Å². The smallest absolute Gasteiger partial charge is 0.240 e. The topological polar surface area (TPSA) is 63.2 Å². The van der Waals surface area contributed by atoms with Gasteiger partial charge < -0.3 is 0 Å². The van der Waals surface area contributed by atoms with E-state index in [1.54, 1.807) is 23.9 Å². The zero-order chi connectivity index (χ0) is 17.6. The van der Waals surface area contributed by atoms with Crippen molar-refractivity contribution < 1.29 is 13.2 Å². The number of hydrogen-bond donors (Lipinski definition) is 1. The average Bonchev–Trinajstić information content (AvgIpc) is 2.56. The standard InChI is InChI=1S/C18H21NO3S2/c1-14-6-8-16(9-7-14)13-23-11-10-19-24(21,22)18-5-3-4-17(12-18)15(2)20/h3-9,12,19H,10-11,13H2,1-2H3. The minimum atomic E-state index is -3.58. The molecule has 0 bridgehead atoms. The maximum absolute atomic E-state index is 12.2. The highest BCUT2D eigenvalue weighted by Gasteiger charge is 2.14. The Morgan fingerprint density at radius 1 is 1.12 bits per heavy atom. The maximum Gasteiger partial charge on any atom is 0.240 e. The number of ketones is 1. The highest BCUT2D eigenvalue weighted by atomic mass is 32.2. The van der Waals surface area contributed by atoms with Crippen LogP contribution in [0.15, 0.2) is 53.4 Å². The molecule has 0 saturated carbocycles. The number of Topliss-reactive ketones (excluding diaryl/α,β-unsaturated/α-hetero) is 1. The van der Waals surface area contributed by atoms with Crippen LogP contribution in [0.1, 0.15) is 28.4 Å². The first kappa shape index (κ1) is 18.7. The van der Waals surface area contributed by atoms with Crippen molar-refractivity contribution in [2.75, 3.05) is 12.3 Å². The molecular weight excluding hydrogens is 342 g/mol. The third-order valence-corrected chi connectivity index (χ3v) is 5.97. The molecule has 0 unspecified atom stereocenters. The second-order valence-corrected chi connectivity index (χ2v) is 8.39. The number of hydrogen-bond acceptors (Lipinski definition) is 4. The van der Waals surface area contributed by atoms with Crippen molar-refractivity contribution >= 4 is 27.6 Å². The van der Waals surface area contributed by atoms with Crippen molar-refractivity contribution in [2.24, 2.45) is 0 Å². The van der Waals surface area contributed by atoms with Gasteiger partial charge in [-0.05, 0) is 31.5 Å². The van der Waals surface area contributed by atoms with Gasteiger partial charge in [-0.15, -0.1) is 0 Å². The van der Waals surface area contributed by atoms with Gasteiger partial charge in [-0.2, -0.15) is 11.8 Å². The SMILES string of the molecule is CC(=O)c1cccc(S(=O)(=O)NCCSCc2ccc(C)cc2)c1. The third kappa shape index (κ3) is 5.47. The number of thioether (sulfide) groups is 1. The van der Waals surface area contributed by atoms with Crippen molar-refractivity contribution in [3.8, 4) is 0 Å². The maximum atomic E-state index is 12.2. The first-order valence-electron chi connectivity index (χ1n) is 7.62. The minimum Gasteiger partial charge on any atom is -0.295 e. The van der Waals surface area contributed by atoms with Crippen molar-refractivity contribution in [3.63, 3.8) is 0 Å². The fourth-order valence-corrected chi connectivity index (χ4v) is 4.11. The molecule has 2 rings (SSSR count). The van der Waals surface area contributed by atoms with Crippen LogP contribution in [-0.4, -0.2) is 26.5 Å².